The molecule has 5 heteroatoms. The molecule has 0 N–H and O–H groups in total. The molecule has 0 spiro atoms. The van der Waals surface area contributed by atoms with E-state index < -0.39 is 0 Å². The molecule has 0 radical (unpaired) electrons. The Labute approximate surface area is 153 Å². The summed E-state index contributed by atoms with van der Waals surface area (Å²) in [6.07, 6.45) is 1.06. The lowest BCUT2D eigenvalue weighted by atomic mass is 9.90. The fourth-order valence-corrected chi connectivity index (χ4v) is 3.52. The molecule has 0 bridgehead atoms. The van der Waals surface area contributed by atoms with Crippen molar-refractivity contribution in [3.63, 3.8) is 0 Å². The van der Waals surface area contributed by atoms with E-state index in [0.717, 1.165) is 17.5 Å². The summed E-state index contributed by atoms with van der Waals surface area (Å²) < 4.78 is 13.0. The van der Waals surface area contributed by atoms with Gasteiger partial charge in [-0.1, -0.05) is 36.4 Å². The van der Waals surface area contributed by atoms with Gasteiger partial charge >= 0.3 is 0 Å². The van der Waals surface area contributed by atoms with Gasteiger partial charge in [-0.2, -0.15) is 0 Å². The van der Waals surface area contributed by atoms with E-state index in [1.807, 2.05) is 18.2 Å². The Morgan fingerprint density at radius 2 is 1.85 bits per heavy atom. The predicted molar refractivity (Wildman–Crippen MR) is 97.8 cm³/mol. The zero-order valence-electron chi connectivity index (χ0n) is 15.1. The third kappa shape index (κ3) is 3.93. The largest absolute Gasteiger partial charge is 0.341 e. The van der Waals surface area contributed by atoms with Crippen LogP contribution in [0.25, 0.3) is 0 Å². The Hall–Kier alpha value is -2.69. The molecule has 4 nitrogen and oxygen atoms in total. The second-order valence-corrected chi connectivity index (χ2v) is 6.76. The smallest absolute Gasteiger partial charge is 0.225 e. The van der Waals surface area contributed by atoms with Gasteiger partial charge in [-0.15, -0.1) is 0 Å². The number of halogens is 1. The lowest BCUT2D eigenvalue weighted by Gasteiger charge is -2.37. The van der Waals surface area contributed by atoms with Gasteiger partial charge in [0.1, 0.15) is 5.82 Å². The lowest BCUT2D eigenvalue weighted by molar-refractivity contribution is -0.136. The highest BCUT2D eigenvalue weighted by Gasteiger charge is 2.31. The summed E-state index contributed by atoms with van der Waals surface area (Å²) in [7, 11) is 1.73. The van der Waals surface area contributed by atoms with Crippen molar-refractivity contribution < 1.29 is 14.0 Å². The maximum absolute atomic E-state index is 13.0. The van der Waals surface area contributed by atoms with E-state index in [1.165, 1.54) is 17.7 Å². The summed E-state index contributed by atoms with van der Waals surface area (Å²) in [4.78, 5) is 28.2. The summed E-state index contributed by atoms with van der Waals surface area (Å²) in [5.74, 6) is -0.348. The SMILES string of the molecule is CC(=O)N1CCc2ccccc2C1CC(=O)N(C)Cc1ccc(F)cc1. The van der Waals surface area contributed by atoms with Crippen LogP contribution in [0, 0.1) is 5.82 Å². The van der Waals surface area contributed by atoms with Gasteiger partial charge in [-0.05, 0) is 35.2 Å². The molecule has 0 saturated heterocycles. The minimum atomic E-state index is -0.293. The minimum absolute atomic E-state index is 0.0153. The third-order valence-electron chi connectivity index (χ3n) is 4.94. The van der Waals surface area contributed by atoms with Gasteiger partial charge in [0.25, 0.3) is 0 Å². The Balaban J connectivity index is 1.75. The molecule has 2 aromatic rings. The normalized spacial score (nSPS) is 16.1. The molecular weight excluding hydrogens is 331 g/mol. The second kappa shape index (κ2) is 7.68. The van der Waals surface area contributed by atoms with Crippen molar-refractivity contribution in [3.05, 3.63) is 71.0 Å². The number of nitrogens with zero attached hydrogens (tertiary/aromatic N) is 2. The molecule has 1 heterocycles. The lowest BCUT2D eigenvalue weighted by Crippen LogP contribution is -2.41. The topological polar surface area (TPSA) is 40.6 Å². The highest BCUT2D eigenvalue weighted by atomic mass is 19.1. The minimum Gasteiger partial charge on any atom is -0.341 e. The average molecular weight is 354 g/mol. The number of fused-ring (bicyclic) bond motifs is 1. The first kappa shape index (κ1) is 18.1. The van der Waals surface area contributed by atoms with Crippen LogP contribution in [-0.2, 0) is 22.6 Å². The van der Waals surface area contributed by atoms with Crippen LogP contribution in [0.3, 0.4) is 0 Å². The molecule has 0 aromatic heterocycles. The number of benzene rings is 2. The van der Waals surface area contributed by atoms with Crippen LogP contribution in [0.5, 0.6) is 0 Å². The predicted octanol–water partition coefficient (Wildman–Crippen LogP) is 3.32. The van der Waals surface area contributed by atoms with Crippen LogP contribution in [0.4, 0.5) is 4.39 Å². The highest BCUT2D eigenvalue weighted by Crippen LogP contribution is 2.32. The summed E-state index contributed by atoms with van der Waals surface area (Å²) in [6.45, 7) is 2.59. The Morgan fingerprint density at radius 3 is 2.54 bits per heavy atom. The first-order valence-electron chi connectivity index (χ1n) is 8.79. The summed E-state index contributed by atoms with van der Waals surface area (Å²) in [6, 6.07) is 13.9. The molecule has 0 aliphatic carbocycles. The van der Waals surface area contributed by atoms with E-state index in [4.69, 9.17) is 0 Å². The van der Waals surface area contributed by atoms with Crippen LogP contribution in [0.1, 0.15) is 36.1 Å². The van der Waals surface area contributed by atoms with Gasteiger partial charge in [-0.25, -0.2) is 4.39 Å². The van der Waals surface area contributed by atoms with E-state index >= 15 is 0 Å². The molecule has 26 heavy (non-hydrogen) atoms. The number of hydrogen-bond acceptors (Lipinski definition) is 2. The third-order valence-corrected chi connectivity index (χ3v) is 4.94. The second-order valence-electron chi connectivity index (χ2n) is 6.76. The standard InChI is InChI=1S/C21H23FN2O2/c1-15(25)24-12-11-17-5-3-4-6-19(17)20(24)13-21(26)23(2)14-16-7-9-18(22)10-8-16/h3-10,20H,11-14H2,1-2H3. The van der Waals surface area contributed by atoms with Crippen molar-refractivity contribution >= 4 is 11.8 Å². The molecule has 1 atom stereocenters. The molecule has 0 fully saturated rings. The Bertz CT molecular complexity index is 804. The maximum Gasteiger partial charge on any atom is 0.225 e. The van der Waals surface area contributed by atoms with Gasteiger partial charge in [0.15, 0.2) is 0 Å². The van der Waals surface area contributed by atoms with E-state index in [2.05, 4.69) is 6.07 Å². The van der Waals surface area contributed by atoms with Crippen molar-refractivity contribution in [2.45, 2.75) is 32.4 Å². The summed E-state index contributed by atoms with van der Waals surface area (Å²) >= 11 is 0. The van der Waals surface area contributed by atoms with Gasteiger partial charge in [0.2, 0.25) is 11.8 Å². The summed E-state index contributed by atoms with van der Waals surface area (Å²) in [5, 5.41) is 0. The molecular formula is C21H23FN2O2. The molecule has 1 unspecified atom stereocenters. The van der Waals surface area contributed by atoms with Crippen LogP contribution >= 0.6 is 0 Å². The zero-order valence-corrected chi connectivity index (χ0v) is 15.1. The van der Waals surface area contributed by atoms with E-state index in [9.17, 15) is 14.0 Å². The van der Waals surface area contributed by atoms with Crippen LogP contribution < -0.4 is 0 Å². The van der Waals surface area contributed by atoms with E-state index in [1.54, 1.807) is 35.9 Å². The van der Waals surface area contributed by atoms with Gasteiger partial charge < -0.3 is 9.80 Å². The summed E-state index contributed by atoms with van der Waals surface area (Å²) in [5.41, 5.74) is 3.12. The highest BCUT2D eigenvalue weighted by molar-refractivity contribution is 5.79. The quantitative estimate of drug-likeness (QED) is 0.845. The number of carbonyl (C=O) groups is 2. The fraction of sp³-hybridized carbons (Fsp3) is 0.333. The Morgan fingerprint density at radius 1 is 1.15 bits per heavy atom. The molecule has 1 aliphatic rings. The number of carbonyl (C=O) groups excluding carboxylic acids is 2. The molecule has 0 saturated carbocycles. The van der Waals surface area contributed by atoms with E-state index in [0.29, 0.717) is 13.1 Å². The van der Waals surface area contributed by atoms with Crippen molar-refractivity contribution in [2.24, 2.45) is 0 Å². The number of amides is 2. The van der Waals surface area contributed by atoms with Crippen LogP contribution in [-0.4, -0.2) is 35.2 Å². The van der Waals surface area contributed by atoms with Crippen molar-refractivity contribution in [2.75, 3.05) is 13.6 Å². The van der Waals surface area contributed by atoms with Gasteiger partial charge in [0.05, 0.1) is 12.5 Å². The average Bonchev–Trinajstić information content (AvgIpc) is 2.63. The van der Waals surface area contributed by atoms with Crippen molar-refractivity contribution in [1.29, 1.82) is 0 Å². The van der Waals surface area contributed by atoms with Crippen LogP contribution in [0.2, 0.25) is 0 Å². The van der Waals surface area contributed by atoms with E-state index in [-0.39, 0.29) is 30.1 Å². The molecule has 3 rings (SSSR count). The molecule has 2 amide bonds. The molecule has 1 aliphatic heterocycles. The Kier molecular flexibility index (Phi) is 5.35. The number of hydrogen-bond donors (Lipinski definition) is 0. The number of rotatable bonds is 4. The van der Waals surface area contributed by atoms with Crippen molar-refractivity contribution in [3.8, 4) is 0 Å². The van der Waals surface area contributed by atoms with Gasteiger partial charge in [0, 0.05) is 27.1 Å². The first-order chi connectivity index (χ1) is 12.5. The molecule has 2 aromatic carbocycles. The zero-order chi connectivity index (χ0) is 18.7. The maximum atomic E-state index is 13.0. The van der Waals surface area contributed by atoms with Crippen LogP contribution in [0.15, 0.2) is 48.5 Å². The van der Waals surface area contributed by atoms with Crippen molar-refractivity contribution in [1.82, 2.24) is 9.80 Å². The first-order valence-corrected chi connectivity index (χ1v) is 8.79. The molecule has 136 valence electrons. The monoisotopic (exact) mass is 354 g/mol. The van der Waals surface area contributed by atoms with Gasteiger partial charge in [-0.3, -0.25) is 9.59 Å². The fourth-order valence-electron chi connectivity index (χ4n) is 3.52.